The SMILES string of the molecule is CCC(C(=O)CCSCCC(F)(F)F)c1cn(-c2cccnc2)nc1Cl. The number of hydrogen-bond donors (Lipinski definition) is 0. The molecule has 142 valence electrons. The van der Waals surface area contributed by atoms with Crippen molar-refractivity contribution in [1.82, 2.24) is 14.8 Å². The Labute approximate surface area is 159 Å². The van der Waals surface area contributed by atoms with Crippen LogP contribution in [0.4, 0.5) is 13.2 Å². The van der Waals surface area contributed by atoms with Crippen LogP contribution in [0.25, 0.3) is 5.69 Å². The zero-order valence-electron chi connectivity index (χ0n) is 14.2. The van der Waals surface area contributed by atoms with Crippen LogP contribution in [0.1, 0.15) is 37.7 Å². The second-order valence-electron chi connectivity index (χ2n) is 5.69. The Morgan fingerprint density at radius 2 is 2.15 bits per heavy atom. The number of alkyl halides is 3. The standard InChI is InChI=1S/C17H19ClF3N3OS/c1-2-13(15(25)5-8-26-9-6-17(19,20)21)14-11-24(23-16(14)18)12-4-3-7-22-10-12/h3-4,7,10-11,13H,2,5-6,8-9H2,1H3. The molecule has 0 saturated carbocycles. The van der Waals surface area contributed by atoms with E-state index in [1.54, 1.807) is 29.3 Å². The third-order valence-corrected chi connectivity index (χ3v) is 5.08. The molecule has 4 nitrogen and oxygen atoms in total. The summed E-state index contributed by atoms with van der Waals surface area (Å²) in [6.45, 7) is 1.87. The van der Waals surface area contributed by atoms with Crippen LogP contribution in [0.15, 0.2) is 30.7 Å². The number of carbonyl (C=O) groups excluding carboxylic acids is 1. The number of hydrogen-bond acceptors (Lipinski definition) is 4. The van der Waals surface area contributed by atoms with E-state index in [1.165, 1.54) is 0 Å². The molecule has 2 aromatic heterocycles. The number of nitrogens with zero attached hydrogens (tertiary/aromatic N) is 3. The molecule has 9 heteroatoms. The lowest BCUT2D eigenvalue weighted by atomic mass is 9.93. The Hall–Kier alpha value is -1.54. The van der Waals surface area contributed by atoms with Crippen molar-refractivity contribution >= 4 is 29.1 Å². The number of ketones is 1. The summed E-state index contributed by atoms with van der Waals surface area (Å²) in [5, 5.41) is 4.48. The van der Waals surface area contributed by atoms with Gasteiger partial charge in [-0.2, -0.15) is 30.0 Å². The Morgan fingerprint density at radius 1 is 1.38 bits per heavy atom. The molecule has 0 aliphatic heterocycles. The molecule has 26 heavy (non-hydrogen) atoms. The van der Waals surface area contributed by atoms with E-state index >= 15 is 0 Å². The molecule has 0 radical (unpaired) electrons. The van der Waals surface area contributed by atoms with Crippen molar-refractivity contribution in [3.63, 3.8) is 0 Å². The van der Waals surface area contributed by atoms with Crippen molar-refractivity contribution < 1.29 is 18.0 Å². The molecule has 2 heterocycles. The average Bonchev–Trinajstić information content (AvgIpc) is 2.97. The fraction of sp³-hybridized carbons (Fsp3) is 0.471. The number of pyridine rings is 1. The molecular formula is C17H19ClF3N3OS. The number of halogens is 4. The van der Waals surface area contributed by atoms with E-state index in [0.717, 1.165) is 17.4 Å². The normalized spacial score (nSPS) is 13.0. The summed E-state index contributed by atoms with van der Waals surface area (Å²) < 4.78 is 37.9. The first-order valence-electron chi connectivity index (χ1n) is 8.14. The van der Waals surface area contributed by atoms with Crippen molar-refractivity contribution in [2.45, 2.75) is 38.3 Å². The van der Waals surface area contributed by atoms with Gasteiger partial charge in [-0.25, -0.2) is 4.68 Å². The molecule has 0 aromatic carbocycles. The van der Waals surface area contributed by atoms with Crippen LogP contribution in [0.2, 0.25) is 5.15 Å². The Balaban J connectivity index is 1.97. The average molecular weight is 406 g/mol. The molecule has 0 bridgehead atoms. The van der Waals surface area contributed by atoms with Crippen molar-refractivity contribution in [2.24, 2.45) is 0 Å². The van der Waals surface area contributed by atoms with Crippen molar-refractivity contribution in [2.75, 3.05) is 11.5 Å². The molecule has 1 unspecified atom stereocenters. The summed E-state index contributed by atoms with van der Waals surface area (Å²) in [6.07, 6.45) is 0.740. The van der Waals surface area contributed by atoms with Crippen LogP contribution < -0.4 is 0 Å². The molecule has 0 aliphatic rings. The van der Waals surface area contributed by atoms with Crippen molar-refractivity contribution in [3.05, 3.63) is 41.4 Å². The number of rotatable bonds is 9. The van der Waals surface area contributed by atoms with Gasteiger partial charge in [0.1, 0.15) is 5.78 Å². The van der Waals surface area contributed by atoms with Gasteiger partial charge in [-0.05, 0) is 18.6 Å². The monoisotopic (exact) mass is 405 g/mol. The van der Waals surface area contributed by atoms with E-state index < -0.39 is 18.5 Å². The maximum Gasteiger partial charge on any atom is 0.389 e. The predicted molar refractivity (Wildman–Crippen MR) is 97.0 cm³/mol. The third kappa shape index (κ3) is 6.02. The molecule has 0 fully saturated rings. The minimum Gasteiger partial charge on any atom is -0.299 e. The first-order valence-corrected chi connectivity index (χ1v) is 9.67. The van der Waals surface area contributed by atoms with Gasteiger partial charge in [0.05, 0.1) is 18.3 Å². The summed E-state index contributed by atoms with van der Waals surface area (Å²) in [7, 11) is 0. The summed E-state index contributed by atoms with van der Waals surface area (Å²) in [5.41, 5.74) is 1.36. The molecule has 0 aliphatic carbocycles. The lowest BCUT2D eigenvalue weighted by Gasteiger charge is -2.12. The van der Waals surface area contributed by atoms with E-state index in [-0.39, 0.29) is 23.1 Å². The third-order valence-electron chi connectivity index (χ3n) is 3.80. The van der Waals surface area contributed by atoms with E-state index in [0.29, 0.717) is 17.7 Å². The number of aromatic nitrogens is 3. The van der Waals surface area contributed by atoms with Crippen molar-refractivity contribution in [1.29, 1.82) is 0 Å². The number of Topliss-reactive ketones (excluding diaryl/α,β-unsaturated/α-hetero) is 1. The van der Waals surface area contributed by atoms with E-state index in [2.05, 4.69) is 10.1 Å². The first kappa shape index (κ1) is 20.8. The number of carbonyl (C=O) groups is 1. The van der Waals surface area contributed by atoms with Gasteiger partial charge in [0.2, 0.25) is 0 Å². The van der Waals surface area contributed by atoms with Gasteiger partial charge < -0.3 is 0 Å². The quantitative estimate of drug-likeness (QED) is 0.547. The zero-order chi connectivity index (χ0) is 19.2. The van der Waals surface area contributed by atoms with Crippen molar-refractivity contribution in [3.8, 4) is 5.69 Å². The van der Waals surface area contributed by atoms with E-state index in [1.807, 2.05) is 13.0 Å². The largest absolute Gasteiger partial charge is 0.389 e. The van der Waals surface area contributed by atoms with Gasteiger partial charge in [0, 0.05) is 41.8 Å². The minimum absolute atomic E-state index is 0.0345. The highest BCUT2D eigenvalue weighted by Gasteiger charge is 2.27. The topological polar surface area (TPSA) is 47.8 Å². The van der Waals surface area contributed by atoms with Gasteiger partial charge in [0.25, 0.3) is 0 Å². The lowest BCUT2D eigenvalue weighted by Crippen LogP contribution is -2.13. The maximum atomic E-state index is 12.5. The van der Waals surface area contributed by atoms with Gasteiger partial charge in [-0.15, -0.1) is 0 Å². The zero-order valence-corrected chi connectivity index (χ0v) is 15.7. The number of thioether (sulfide) groups is 1. The molecule has 0 N–H and O–H groups in total. The van der Waals surface area contributed by atoms with Crippen LogP contribution in [-0.2, 0) is 4.79 Å². The molecule has 2 aromatic rings. The van der Waals surface area contributed by atoms with Gasteiger partial charge >= 0.3 is 6.18 Å². The lowest BCUT2D eigenvalue weighted by molar-refractivity contribution is -0.129. The molecule has 0 amide bonds. The smallest absolute Gasteiger partial charge is 0.299 e. The molecule has 1 atom stereocenters. The Kier molecular flexibility index (Phi) is 7.52. The highest BCUT2D eigenvalue weighted by molar-refractivity contribution is 7.99. The second kappa shape index (κ2) is 9.41. The fourth-order valence-corrected chi connectivity index (χ4v) is 3.67. The van der Waals surface area contributed by atoms with Crippen LogP contribution in [-0.4, -0.2) is 38.2 Å². The Morgan fingerprint density at radius 3 is 2.77 bits per heavy atom. The summed E-state index contributed by atoms with van der Waals surface area (Å²) in [5.74, 6) is -0.136. The van der Waals surface area contributed by atoms with Crippen LogP contribution in [0, 0.1) is 0 Å². The first-order chi connectivity index (χ1) is 12.3. The van der Waals surface area contributed by atoms with Gasteiger partial charge in [-0.3, -0.25) is 9.78 Å². The molecule has 2 rings (SSSR count). The highest BCUT2D eigenvalue weighted by Crippen LogP contribution is 2.30. The Bertz CT molecular complexity index is 722. The highest BCUT2D eigenvalue weighted by atomic mass is 35.5. The maximum absolute atomic E-state index is 12.5. The van der Waals surface area contributed by atoms with E-state index in [4.69, 9.17) is 11.6 Å². The minimum atomic E-state index is -4.16. The molecule has 0 saturated heterocycles. The fourth-order valence-electron chi connectivity index (χ4n) is 2.48. The van der Waals surface area contributed by atoms with Gasteiger partial charge in [-0.1, -0.05) is 18.5 Å². The molecule has 0 spiro atoms. The van der Waals surface area contributed by atoms with E-state index in [9.17, 15) is 18.0 Å². The molecular weight excluding hydrogens is 387 g/mol. The summed E-state index contributed by atoms with van der Waals surface area (Å²) in [6, 6.07) is 3.59. The van der Waals surface area contributed by atoms with Crippen LogP contribution >= 0.6 is 23.4 Å². The van der Waals surface area contributed by atoms with Crippen LogP contribution in [0.5, 0.6) is 0 Å². The summed E-state index contributed by atoms with van der Waals surface area (Å²) in [4.78, 5) is 16.5. The predicted octanol–water partition coefficient (Wildman–Crippen LogP) is 5.06. The second-order valence-corrected chi connectivity index (χ2v) is 7.27. The van der Waals surface area contributed by atoms with Crippen LogP contribution in [0.3, 0.4) is 0 Å². The summed E-state index contributed by atoms with van der Waals surface area (Å²) >= 11 is 7.35. The van der Waals surface area contributed by atoms with Gasteiger partial charge in [0.15, 0.2) is 5.15 Å².